The maximum atomic E-state index is 5.81. The van der Waals surface area contributed by atoms with Crippen LogP contribution in [-0.4, -0.2) is 41.6 Å². The van der Waals surface area contributed by atoms with Gasteiger partial charge >= 0.3 is 0 Å². The highest BCUT2D eigenvalue weighted by Gasteiger charge is 2.17. The Hall–Kier alpha value is -1.01. The van der Waals surface area contributed by atoms with E-state index in [1.165, 1.54) is 43.9 Å². The molecular formula is C13H24N4OS. The highest BCUT2D eigenvalue weighted by atomic mass is 32.1. The molecule has 0 aromatic carbocycles. The standard InChI is InChI=1S/C13H24N4OS/c1-3-18-11-12(14)16-19-13(11)15-10(2)9-17-7-5-4-6-8-17/h10,15H,3-9H2,1-2H3,(H2,14,16). The second kappa shape index (κ2) is 6.96. The number of ether oxygens (including phenoxy) is 1. The molecule has 1 aromatic heterocycles. The van der Waals surface area contributed by atoms with Crippen LogP contribution in [0.4, 0.5) is 10.8 Å². The van der Waals surface area contributed by atoms with Crippen LogP contribution in [0.5, 0.6) is 5.75 Å². The fourth-order valence-electron chi connectivity index (χ4n) is 2.47. The van der Waals surface area contributed by atoms with E-state index in [-0.39, 0.29) is 0 Å². The van der Waals surface area contributed by atoms with Crippen LogP contribution in [0.1, 0.15) is 33.1 Å². The zero-order valence-corrected chi connectivity index (χ0v) is 12.6. The van der Waals surface area contributed by atoms with E-state index in [0.717, 1.165) is 11.5 Å². The number of hydrogen-bond donors (Lipinski definition) is 2. The van der Waals surface area contributed by atoms with Crippen LogP contribution < -0.4 is 15.8 Å². The molecule has 6 heteroatoms. The molecule has 0 amide bonds. The Morgan fingerprint density at radius 3 is 2.84 bits per heavy atom. The van der Waals surface area contributed by atoms with Crippen molar-refractivity contribution in [3.05, 3.63) is 0 Å². The van der Waals surface area contributed by atoms with Crippen LogP contribution in [0.15, 0.2) is 0 Å². The summed E-state index contributed by atoms with van der Waals surface area (Å²) in [4.78, 5) is 2.52. The maximum Gasteiger partial charge on any atom is 0.197 e. The van der Waals surface area contributed by atoms with E-state index in [1.54, 1.807) is 0 Å². The average molecular weight is 284 g/mol. The molecule has 0 aliphatic carbocycles. The molecule has 1 fully saturated rings. The monoisotopic (exact) mass is 284 g/mol. The lowest BCUT2D eigenvalue weighted by atomic mass is 10.1. The Morgan fingerprint density at radius 1 is 1.42 bits per heavy atom. The lowest BCUT2D eigenvalue weighted by Gasteiger charge is -2.29. The number of piperidine rings is 1. The average Bonchev–Trinajstić information content (AvgIpc) is 2.73. The number of hydrogen-bond acceptors (Lipinski definition) is 6. The zero-order valence-electron chi connectivity index (χ0n) is 11.8. The van der Waals surface area contributed by atoms with Crippen molar-refractivity contribution in [1.29, 1.82) is 0 Å². The predicted molar refractivity (Wildman–Crippen MR) is 81.1 cm³/mol. The third-order valence-corrected chi connectivity index (χ3v) is 4.09. The molecule has 0 spiro atoms. The highest BCUT2D eigenvalue weighted by molar-refractivity contribution is 7.11. The summed E-state index contributed by atoms with van der Waals surface area (Å²) in [5, 5.41) is 4.42. The molecule has 0 bridgehead atoms. The molecular weight excluding hydrogens is 260 g/mol. The van der Waals surface area contributed by atoms with Crippen LogP contribution in [-0.2, 0) is 0 Å². The van der Waals surface area contributed by atoms with Crippen molar-refractivity contribution in [1.82, 2.24) is 9.27 Å². The van der Waals surface area contributed by atoms with Crippen molar-refractivity contribution in [3.8, 4) is 5.75 Å². The first-order chi connectivity index (χ1) is 9.20. The molecule has 2 rings (SSSR count). The van der Waals surface area contributed by atoms with Crippen LogP contribution in [0.25, 0.3) is 0 Å². The first-order valence-corrected chi connectivity index (χ1v) is 7.85. The second-order valence-corrected chi connectivity index (χ2v) is 5.84. The van der Waals surface area contributed by atoms with Gasteiger partial charge in [0.15, 0.2) is 16.6 Å². The summed E-state index contributed by atoms with van der Waals surface area (Å²) in [7, 11) is 0. The highest BCUT2D eigenvalue weighted by Crippen LogP contribution is 2.35. The Kier molecular flexibility index (Phi) is 5.27. The maximum absolute atomic E-state index is 5.81. The molecule has 0 radical (unpaired) electrons. The molecule has 1 aliphatic rings. The van der Waals surface area contributed by atoms with Gasteiger partial charge in [-0.2, -0.15) is 4.37 Å². The Bertz CT molecular complexity index is 390. The summed E-state index contributed by atoms with van der Waals surface area (Å²) in [5.74, 6) is 1.19. The van der Waals surface area contributed by atoms with Gasteiger partial charge in [-0.1, -0.05) is 6.42 Å². The first kappa shape index (κ1) is 14.4. The van der Waals surface area contributed by atoms with E-state index in [9.17, 15) is 0 Å². The molecule has 1 aliphatic heterocycles. The Balaban J connectivity index is 1.88. The SMILES string of the molecule is CCOc1c(N)nsc1NC(C)CN1CCCCC1. The van der Waals surface area contributed by atoms with E-state index in [4.69, 9.17) is 10.5 Å². The van der Waals surface area contributed by atoms with Gasteiger partial charge in [0, 0.05) is 12.6 Å². The van der Waals surface area contributed by atoms with Gasteiger partial charge in [-0.15, -0.1) is 0 Å². The summed E-state index contributed by atoms with van der Waals surface area (Å²) >= 11 is 1.38. The number of anilines is 2. The minimum absolute atomic E-state index is 0.372. The lowest BCUT2D eigenvalue weighted by Crippen LogP contribution is -2.38. The number of nitrogen functional groups attached to an aromatic ring is 1. The minimum Gasteiger partial charge on any atom is -0.487 e. The number of nitrogens with two attached hydrogens (primary N) is 1. The van der Waals surface area contributed by atoms with Gasteiger partial charge in [0.25, 0.3) is 0 Å². The predicted octanol–water partition coefficient (Wildman–Crippen LogP) is 2.41. The van der Waals surface area contributed by atoms with Crippen molar-refractivity contribution in [2.75, 3.05) is 37.3 Å². The van der Waals surface area contributed by atoms with Gasteiger partial charge in [-0.25, -0.2) is 0 Å². The van der Waals surface area contributed by atoms with Crippen molar-refractivity contribution in [3.63, 3.8) is 0 Å². The van der Waals surface area contributed by atoms with Crippen molar-refractivity contribution < 1.29 is 4.74 Å². The van der Waals surface area contributed by atoms with Crippen LogP contribution in [0.2, 0.25) is 0 Å². The third-order valence-electron chi connectivity index (χ3n) is 3.32. The molecule has 1 unspecified atom stereocenters. The summed E-state index contributed by atoms with van der Waals surface area (Å²) in [6.45, 7) is 8.25. The molecule has 0 saturated carbocycles. The van der Waals surface area contributed by atoms with Gasteiger partial charge in [-0.05, 0) is 51.3 Å². The molecule has 1 atom stereocenters. The fourth-order valence-corrected chi connectivity index (χ4v) is 3.24. The first-order valence-electron chi connectivity index (χ1n) is 7.07. The topological polar surface area (TPSA) is 63.4 Å². The molecule has 19 heavy (non-hydrogen) atoms. The van der Waals surface area contributed by atoms with Gasteiger partial charge in [0.05, 0.1) is 6.61 Å². The number of likely N-dealkylation sites (tertiary alicyclic amines) is 1. The normalized spacial score (nSPS) is 18.2. The number of nitrogens with one attached hydrogen (secondary N) is 1. The van der Waals surface area contributed by atoms with E-state index in [0.29, 0.717) is 24.2 Å². The summed E-state index contributed by atoms with van der Waals surface area (Å²) < 4.78 is 9.70. The van der Waals surface area contributed by atoms with Crippen molar-refractivity contribution in [2.24, 2.45) is 0 Å². The van der Waals surface area contributed by atoms with Crippen LogP contribution in [0, 0.1) is 0 Å². The van der Waals surface area contributed by atoms with Gasteiger partial charge in [0.2, 0.25) is 0 Å². The van der Waals surface area contributed by atoms with E-state index in [1.807, 2.05) is 6.92 Å². The Morgan fingerprint density at radius 2 is 2.16 bits per heavy atom. The van der Waals surface area contributed by atoms with Gasteiger partial charge < -0.3 is 20.7 Å². The van der Waals surface area contributed by atoms with Gasteiger partial charge in [-0.3, -0.25) is 0 Å². The van der Waals surface area contributed by atoms with E-state index < -0.39 is 0 Å². The molecule has 3 N–H and O–H groups in total. The van der Waals surface area contributed by atoms with Crippen LogP contribution in [0.3, 0.4) is 0 Å². The fraction of sp³-hybridized carbons (Fsp3) is 0.769. The summed E-state index contributed by atoms with van der Waals surface area (Å²) in [6.07, 6.45) is 4.02. The second-order valence-electron chi connectivity index (χ2n) is 5.07. The minimum atomic E-state index is 0.372. The van der Waals surface area contributed by atoms with Crippen molar-refractivity contribution >= 4 is 22.4 Å². The number of aromatic nitrogens is 1. The van der Waals surface area contributed by atoms with Crippen molar-refractivity contribution in [2.45, 2.75) is 39.2 Å². The lowest BCUT2D eigenvalue weighted by molar-refractivity contribution is 0.223. The molecule has 5 nitrogen and oxygen atoms in total. The molecule has 1 saturated heterocycles. The quantitative estimate of drug-likeness (QED) is 0.840. The third kappa shape index (κ3) is 3.98. The van der Waals surface area contributed by atoms with Crippen LogP contribution >= 0.6 is 11.5 Å². The smallest absolute Gasteiger partial charge is 0.197 e. The van der Waals surface area contributed by atoms with E-state index >= 15 is 0 Å². The van der Waals surface area contributed by atoms with Gasteiger partial charge in [0.1, 0.15) is 0 Å². The Labute approximate surface area is 119 Å². The summed E-state index contributed by atoms with van der Waals surface area (Å²) in [6, 6.07) is 0.372. The van der Waals surface area contributed by atoms with E-state index in [2.05, 4.69) is 21.5 Å². The molecule has 1 aromatic rings. The largest absolute Gasteiger partial charge is 0.487 e. The molecule has 108 valence electrons. The zero-order chi connectivity index (χ0) is 13.7. The number of nitrogens with zero attached hydrogens (tertiary/aromatic N) is 2. The molecule has 2 heterocycles. The summed E-state index contributed by atoms with van der Waals surface area (Å²) in [5.41, 5.74) is 5.81. The number of rotatable bonds is 6.